The van der Waals surface area contributed by atoms with Gasteiger partial charge in [-0.3, -0.25) is 4.98 Å². The Balaban J connectivity index is 1.70. The summed E-state index contributed by atoms with van der Waals surface area (Å²) in [7, 11) is 4.40. The van der Waals surface area contributed by atoms with Crippen LogP contribution in [0, 0.1) is 0 Å². The first kappa shape index (κ1) is 13.5. The molecule has 4 heteroatoms. The molecule has 0 aliphatic carbocycles. The normalized spacial score (nSPS) is 21.4. The third kappa shape index (κ3) is 4.37. The minimum Gasteiger partial charge on any atom is -0.310 e. The van der Waals surface area contributed by atoms with Gasteiger partial charge in [0.15, 0.2) is 0 Å². The van der Waals surface area contributed by atoms with Crippen molar-refractivity contribution in [1.82, 2.24) is 20.1 Å². The molecule has 1 aromatic heterocycles. The average Bonchev–Trinajstić information content (AvgIpc) is 2.38. The predicted molar refractivity (Wildman–Crippen MR) is 74.7 cm³/mol. The van der Waals surface area contributed by atoms with Crippen molar-refractivity contribution in [3.8, 4) is 0 Å². The molecule has 2 rings (SSSR count). The maximum atomic E-state index is 4.15. The molecule has 1 aliphatic rings. The Morgan fingerprint density at radius 2 is 2.44 bits per heavy atom. The number of hydrogen-bond donors (Lipinski definition) is 1. The maximum Gasteiger partial charge on any atom is 0.0322 e. The van der Waals surface area contributed by atoms with Crippen molar-refractivity contribution in [3.63, 3.8) is 0 Å². The molecule has 4 nitrogen and oxygen atoms in total. The molecule has 0 aromatic carbocycles. The van der Waals surface area contributed by atoms with Gasteiger partial charge in [-0.1, -0.05) is 6.07 Å². The first-order valence-electron chi connectivity index (χ1n) is 6.73. The molecule has 1 atom stereocenters. The molecule has 2 heterocycles. The molecule has 0 radical (unpaired) electrons. The smallest absolute Gasteiger partial charge is 0.0322 e. The van der Waals surface area contributed by atoms with Crippen LogP contribution in [-0.4, -0.2) is 67.6 Å². The van der Waals surface area contributed by atoms with Crippen LogP contribution in [-0.2, 0) is 6.42 Å². The Bertz CT molecular complexity index is 341. The Morgan fingerprint density at radius 1 is 1.56 bits per heavy atom. The molecule has 1 N–H and O–H groups in total. The summed E-state index contributed by atoms with van der Waals surface area (Å²) >= 11 is 0. The monoisotopic (exact) mass is 248 g/mol. The van der Waals surface area contributed by atoms with E-state index in [1.807, 2.05) is 18.5 Å². The second-order valence-electron chi connectivity index (χ2n) is 5.29. The fraction of sp³-hybridized carbons (Fsp3) is 0.643. The first-order chi connectivity index (χ1) is 8.74. The second-order valence-corrected chi connectivity index (χ2v) is 5.29. The van der Waals surface area contributed by atoms with Crippen molar-refractivity contribution in [2.45, 2.75) is 12.5 Å². The fourth-order valence-electron chi connectivity index (χ4n) is 2.45. The van der Waals surface area contributed by atoms with Crippen LogP contribution in [0.1, 0.15) is 5.56 Å². The fourth-order valence-corrected chi connectivity index (χ4v) is 2.45. The highest BCUT2D eigenvalue weighted by Crippen LogP contribution is 2.01. The van der Waals surface area contributed by atoms with Crippen LogP contribution in [0.3, 0.4) is 0 Å². The molecular weight excluding hydrogens is 224 g/mol. The van der Waals surface area contributed by atoms with Gasteiger partial charge in [0.05, 0.1) is 0 Å². The van der Waals surface area contributed by atoms with Crippen LogP contribution in [0.15, 0.2) is 24.5 Å². The number of nitrogens with one attached hydrogen (secondary N) is 1. The molecular formula is C14H24N4. The van der Waals surface area contributed by atoms with Crippen molar-refractivity contribution in [2.24, 2.45) is 0 Å². The van der Waals surface area contributed by atoms with E-state index in [1.165, 1.54) is 5.56 Å². The van der Waals surface area contributed by atoms with Crippen LogP contribution in [0.2, 0.25) is 0 Å². The number of hydrogen-bond acceptors (Lipinski definition) is 4. The quantitative estimate of drug-likeness (QED) is 0.820. The summed E-state index contributed by atoms with van der Waals surface area (Å²) in [6, 6.07) is 4.75. The van der Waals surface area contributed by atoms with E-state index in [9.17, 15) is 0 Å². The van der Waals surface area contributed by atoms with Gasteiger partial charge in [0.1, 0.15) is 0 Å². The molecule has 1 fully saturated rings. The van der Waals surface area contributed by atoms with Crippen LogP contribution >= 0.6 is 0 Å². The Hall–Kier alpha value is -0.970. The van der Waals surface area contributed by atoms with Crippen LogP contribution < -0.4 is 5.32 Å². The van der Waals surface area contributed by atoms with Gasteiger partial charge in [0, 0.05) is 51.2 Å². The van der Waals surface area contributed by atoms with Crippen LogP contribution in [0.4, 0.5) is 0 Å². The van der Waals surface area contributed by atoms with E-state index in [4.69, 9.17) is 0 Å². The third-order valence-corrected chi connectivity index (χ3v) is 3.50. The topological polar surface area (TPSA) is 31.4 Å². The molecule has 0 amide bonds. The van der Waals surface area contributed by atoms with Crippen LogP contribution in [0.25, 0.3) is 0 Å². The highest BCUT2D eigenvalue weighted by atomic mass is 15.2. The van der Waals surface area contributed by atoms with Crippen molar-refractivity contribution in [1.29, 1.82) is 0 Å². The lowest BCUT2D eigenvalue weighted by Gasteiger charge is -2.33. The summed E-state index contributed by atoms with van der Waals surface area (Å²) in [5.41, 5.74) is 1.32. The van der Waals surface area contributed by atoms with Gasteiger partial charge in [0.2, 0.25) is 0 Å². The number of pyridine rings is 1. The minimum atomic E-state index is 0.600. The number of likely N-dealkylation sites (N-methyl/N-ethyl adjacent to an activating group) is 2. The summed E-state index contributed by atoms with van der Waals surface area (Å²) in [6.07, 6.45) is 4.86. The maximum absolute atomic E-state index is 4.15. The molecule has 0 spiro atoms. The van der Waals surface area contributed by atoms with E-state index < -0.39 is 0 Å². The standard InChI is InChI=1S/C14H24N4/c1-17(8-5-13-4-3-6-15-10-13)11-14-12-18(2)9-7-16-14/h3-4,6,10,14,16H,5,7-9,11-12H2,1-2H3. The van der Waals surface area contributed by atoms with E-state index in [1.54, 1.807) is 0 Å². The Labute approximate surface area is 110 Å². The van der Waals surface area contributed by atoms with Gasteiger partial charge in [-0.25, -0.2) is 0 Å². The van der Waals surface area contributed by atoms with Crippen molar-refractivity contribution in [3.05, 3.63) is 30.1 Å². The van der Waals surface area contributed by atoms with Crippen molar-refractivity contribution >= 4 is 0 Å². The number of nitrogens with zero attached hydrogens (tertiary/aromatic N) is 3. The van der Waals surface area contributed by atoms with Crippen molar-refractivity contribution < 1.29 is 0 Å². The molecule has 100 valence electrons. The lowest BCUT2D eigenvalue weighted by molar-refractivity contribution is 0.196. The lowest BCUT2D eigenvalue weighted by atomic mass is 10.2. The van der Waals surface area contributed by atoms with Gasteiger partial charge in [0.25, 0.3) is 0 Å². The summed E-state index contributed by atoms with van der Waals surface area (Å²) in [4.78, 5) is 8.96. The van der Waals surface area contributed by atoms with Crippen LogP contribution in [0.5, 0.6) is 0 Å². The van der Waals surface area contributed by atoms with E-state index in [2.05, 4.69) is 40.3 Å². The molecule has 1 aromatic rings. The van der Waals surface area contributed by atoms with Crippen molar-refractivity contribution in [2.75, 3.05) is 46.8 Å². The molecule has 0 bridgehead atoms. The number of aromatic nitrogens is 1. The molecule has 18 heavy (non-hydrogen) atoms. The lowest BCUT2D eigenvalue weighted by Crippen LogP contribution is -2.53. The average molecular weight is 248 g/mol. The highest BCUT2D eigenvalue weighted by Gasteiger charge is 2.17. The third-order valence-electron chi connectivity index (χ3n) is 3.50. The van der Waals surface area contributed by atoms with E-state index in [0.717, 1.165) is 39.1 Å². The largest absolute Gasteiger partial charge is 0.310 e. The number of piperazine rings is 1. The van der Waals surface area contributed by atoms with Gasteiger partial charge < -0.3 is 15.1 Å². The molecule has 1 unspecified atom stereocenters. The summed E-state index contributed by atoms with van der Waals surface area (Å²) in [6.45, 7) is 5.63. The zero-order chi connectivity index (χ0) is 12.8. The van der Waals surface area contributed by atoms with Gasteiger partial charge in [-0.05, 0) is 32.1 Å². The zero-order valence-electron chi connectivity index (χ0n) is 11.5. The van der Waals surface area contributed by atoms with Gasteiger partial charge in [-0.15, -0.1) is 0 Å². The molecule has 1 aliphatic heterocycles. The Kier molecular flexibility index (Phi) is 5.11. The first-order valence-corrected chi connectivity index (χ1v) is 6.73. The van der Waals surface area contributed by atoms with Gasteiger partial charge in [-0.2, -0.15) is 0 Å². The SMILES string of the molecule is CN1CCNC(CN(C)CCc2cccnc2)C1. The van der Waals surface area contributed by atoms with E-state index in [0.29, 0.717) is 6.04 Å². The zero-order valence-corrected chi connectivity index (χ0v) is 11.5. The second kappa shape index (κ2) is 6.83. The van der Waals surface area contributed by atoms with E-state index in [-0.39, 0.29) is 0 Å². The highest BCUT2D eigenvalue weighted by molar-refractivity contribution is 5.08. The predicted octanol–water partition coefficient (Wildman–Crippen LogP) is 0.460. The minimum absolute atomic E-state index is 0.600. The Morgan fingerprint density at radius 3 is 3.17 bits per heavy atom. The molecule has 1 saturated heterocycles. The summed E-state index contributed by atoms with van der Waals surface area (Å²) in [5, 5.41) is 3.58. The summed E-state index contributed by atoms with van der Waals surface area (Å²) < 4.78 is 0. The van der Waals surface area contributed by atoms with Gasteiger partial charge >= 0.3 is 0 Å². The van der Waals surface area contributed by atoms with E-state index >= 15 is 0 Å². The molecule has 0 saturated carbocycles. The number of rotatable bonds is 5. The summed E-state index contributed by atoms with van der Waals surface area (Å²) in [5.74, 6) is 0.